The lowest BCUT2D eigenvalue weighted by Crippen LogP contribution is -2.02. The molecule has 114 valence electrons. The molecule has 0 unspecified atom stereocenters. The Morgan fingerprint density at radius 2 is 1.86 bits per heavy atom. The molecule has 0 aliphatic carbocycles. The van der Waals surface area contributed by atoms with Crippen LogP contribution in [0.4, 0.5) is 0 Å². The van der Waals surface area contributed by atoms with Gasteiger partial charge in [-0.05, 0) is 31.0 Å². The van der Waals surface area contributed by atoms with Gasteiger partial charge in [0.15, 0.2) is 0 Å². The monoisotopic (exact) mass is 312 g/mol. The number of allylic oxidation sites excluding steroid dienone is 1. The van der Waals surface area contributed by atoms with E-state index < -0.39 is 0 Å². The van der Waals surface area contributed by atoms with Crippen molar-refractivity contribution in [3.05, 3.63) is 77.8 Å². The highest BCUT2D eigenvalue weighted by molar-refractivity contribution is 5.87. The lowest BCUT2D eigenvalue weighted by atomic mass is 10.1. The summed E-state index contributed by atoms with van der Waals surface area (Å²) in [5.41, 5.74) is 6.31. The molecule has 0 saturated carbocycles. The molecule has 3 aromatic rings. The maximum Gasteiger partial charge on any atom is 0.0710 e. The van der Waals surface area contributed by atoms with Crippen LogP contribution in [-0.2, 0) is 13.0 Å². The molecule has 3 heteroatoms. The normalized spacial score (nSPS) is 10.5. The Balaban J connectivity index is 0.00000176. The van der Waals surface area contributed by atoms with E-state index in [2.05, 4.69) is 60.3 Å². The summed E-state index contributed by atoms with van der Waals surface area (Å²) in [5, 5.41) is 1.30. The molecule has 0 radical (unpaired) electrons. The third-order valence-electron chi connectivity index (χ3n) is 4.15. The van der Waals surface area contributed by atoms with Crippen LogP contribution < -0.4 is 0 Å². The van der Waals surface area contributed by atoms with E-state index in [1.54, 1.807) is 0 Å². The zero-order valence-corrected chi connectivity index (χ0v) is 13.9. The second-order valence-electron chi connectivity index (χ2n) is 5.43. The van der Waals surface area contributed by atoms with Gasteiger partial charge in [-0.3, -0.25) is 4.98 Å². The van der Waals surface area contributed by atoms with Gasteiger partial charge in [0.1, 0.15) is 0 Å². The molecule has 0 atom stereocenters. The molecule has 0 bridgehead atoms. The number of nitrogens with zero attached hydrogens (tertiary/aromatic N) is 2. The van der Waals surface area contributed by atoms with Crippen molar-refractivity contribution in [3.63, 3.8) is 0 Å². The minimum Gasteiger partial charge on any atom is -0.339 e. The quantitative estimate of drug-likeness (QED) is 0.630. The molecular weight excluding hydrogens is 292 g/mol. The van der Waals surface area contributed by atoms with Crippen molar-refractivity contribution in [1.82, 2.24) is 9.55 Å². The average molecular weight is 313 g/mol. The zero-order chi connectivity index (χ0) is 14.8. The van der Waals surface area contributed by atoms with Crippen molar-refractivity contribution in [2.75, 3.05) is 0 Å². The van der Waals surface area contributed by atoms with Gasteiger partial charge in [0.05, 0.1) is 11.2 Å². The molecule has 0 saturated heterocycles. The largest absolute Gasteiger partial charge is 0.339 e. The van der Waals surface area contributed by atoms with Gasteiger partial charge in [-0.1, -0.05) is 36.4 Å². The first-order valence-corrected chi connectivity index (χ1v) is 7.30. The van der Waals surface area contributed by atoms with Crippen LogP contribution >= 0.6 is 12.4 Å². The summed E-state index contributed by atoms with van der Waals surface area (Å²) >= 11 is 0. The number of aryl methyl sites for hydroxylation is 1. The van der Waals surface area contributed by atoms with Crippen molar-refractivity contribution in [3.8, 4) is 0 Å². The summed E-state index contributed by atoms with van der Waals surface area (Å²) in [6.45, 7) is 9.06. The maximum atomic E-state index is 4.64. The van der Waals surface area contributed by atoms with Gasteiger partial charge in [0.25, 0.3) is 0 Å². The van der Waals surface area contributed by atoms with Crippen LogP contribution in [0.2, 0.25) is 0 Å². The first kappa shape index (κ1) is 16.3. The Labute approximate surface area is 137 Å². The summed E-state index contributed by atoms with van der Waals surface area (Å²) in [6, 6.07) is 12.6. The smallest absolute Gasteiger partial charge is 0.0710 e. The second kappa shape index (κ2) is 6.80. The van der Waals surface area contributed by atoms with E-state index in [4.69, 9.17) is 0 Å². The van der Waals surface area contributed by atoms with Crippen LogP contribution in [0.1, 0.15) is 22.5 Å². The minimum atomic E-state index is 0. The molecule has 0 aliphatic rings. The molecule has 0 aliphatic heterocycles. The van der Waals surface area contributed by atoms with Crippen LogP contribution in [0.5, 0.6) is 0 Å². The number of rotatable bonds is 4. The van der Waals surface area contributed by atoms with E-state index in [1.807, 2.05) is 18.3 Å². The van der Waals surface area contributed by atoms with Gasteiger partial charge in [0, 0.05) is 30.2 Å². The molecule has 0 amide bonds. The van der Waals surface area contributed by atoms with Crippen LogP contribution in [0.3, 0.4) is 0 Å². The molecule has 3 rings (SSSR count). The molecule has 1 aromatic carbocycles. The number of halogens is 1. The molecule has 2 heterocycles. The van der Waals surface area contributed by atoms with Gasteiger partial charge < -0.3 is 4.57 Å². The highest BCUT2D eigenvalue weighted by Gasteiger charge is 2.14. The Hall–Kier alpha value is -2.06. The minimum absolute atomic E-state index is 0. The second-order valence-corrected chi connectivity index (χ2v) is 5.43. The number of aromatic nitrogens is 2. The van der Waals surface area contributed by atoms with Gasteiger partial charge >= 0.3 is 0 Å². The summed E-state index contributed by atoms with van der Waals surface area (Å²) < 4.78 is 2.32. The molecule has 0 fully saturated rings. The van der Waals surface area contributed by atoms with E-state index in [1.165, 1.54) is 27.7 Å². The van der Waals surface area contributed by atoms with E-state index in [0.29, 0.717) is 0 Å². The summed E-state index contributed by atoms with van der Waals surface area (Å²) in [4.78, 5) is 4.64. The van der Waals surface area contributed by atoms with Crippen molar-refractivity contribution >= 4 is 23.3 Å². The molecule has 0 spiro atoms. The predicted octanol–water partition coefficient (Wildman–Crippen LogP) is 4.85. The third kappa shape index (κ3) is 2.79. The Bertz CT molecular complexity index is 788. The number of fused-ring (bicyclic) bond motifs is 1. The SMILES string of the molecule is C=CCn1c(C)c(C)c2ccnc(Cc3ccccc3)c21.Cl. The first-order chi connectivity index (χ1) is 10.2. The fourth-order valence-corrected chi connectivity index (χ4v) is 2.94. The molecule has 2 aromatic heterocycles. The summed E-state index contributed by atoms with van der Waals surface area (Å²) in [7, 11) is 0. The molecule has 0 N–H and O–H groups in total. The highest BCUT2D eigenvalue weighted by Crippen LogP contribution is 2.28. The lowest BCUT2D eigenvalue weighted by Gasteiger charge is -2.09. The Morgan fingerprint density at radius 3 is 2.55 bits per heavy atom. The van der Waals surface area contributed by atoms with Crippen molar-refractivity contribution in [1.29, 1.82) is 0 Å². The number of hydrogen-bond donors (Lipinski definition) is 0. The van der Waals surface area contributed by atoms with Gasteiger partial charge in [-0.25, -0.2) is 0 Å². The van der Waals surface area contributed by atoms with E-state index >= 15 is 0 Å². The average Bonchev–Trinajstić information content (AvgIpc) is 2.75. The van der Waals surface area contributed by atoms with Gasteiger partial charge in [-0.2, -0.15) is 0 Å². The van der Waals surface area contributed by atoms with Crippen LogP contribution in [-0.4, -0.2) is 9.55 Å². The predicted molar refractivity (Wildman–Crippen MR) is 95.9 cm³/mol. The lowest BCUT2D eigenvalue weighted by molar-refractivity contribution is 0.816. The Morgan fingerprint density at radius 1 is 1.14 bits per heavy atom. The van der Waals surface area contributed by atoms with E-state index in [-0.39, 0.29) is 12.4 Å². The maximum absolute atomic E-state index is 4.64. The van der Waals surface area contributed by atoms with Crippen molar-refractivity contribution < 1.29 is 0 Å². The zero-order valence-electron chi connectivity index (χ0n) is 13.0. The van der Waals surface area contributed by atoms with Crippen LogP contribution in [0.25, 0.3) is 10.9 Å². The van der Waals surface area contributed by atoms with Gasteiger partial charge in [-0.15, -0.1) is 19.0 Å². The number of pyridine rings is 1. The fraction of sp³-hybridized carbons (Fsp3) is 0.211. The van der Waals surface area contributed by atoms with Crippen LogP contribution in [0.15, 0.2) is 55.3 Å². The molecular formula is C19H21ClN2. The molecule has 22 heavy (non-hydrogen) atoms. The highest BCUT2D eigenvalue weighted by atomic mass is 35.5. The third-order valence-corrected chi connectivity index (χ3v) is 4.15. The Kier molecular flexibility index (Phi) is 5.04. The van der Waals surface area contributed by atoms with Crippen LogP contribution in [0, 0.1) is 13.8 Å². The fourth-order valence-electron chi connectivity index (χ4n) is 2.94. The van der Waals surface area contributed by atoms with Gasteiger partial charge in [0.2, 0.25) is 0 Å². The van der Waals surface area contributed by atoms with Crippen molar-refractivity contribution in [2.45, 2.75) is 26.8 Å². The van der Waals surface area contributed by atoms with E-state index in [0.717, 1.165) is 18.7 Å². The summed E-state index contributed by atoms with van der Waals surface area (Å²) in [6.07, 6.45) is 4.73. The standard InChI is InChI=1S/C19H20N2.ClH/c1-4-12-21-15(3)14(2)17-10-11-20-18(19(17)21)13-16-8-6-5-7-9-16;/h4-11H,1,12-13H2,2-3H3;1H. The first-order valence-electron chi connectivity index (χ1n) is 7.30. The topological polar surface area (TPSA) is 17.8 Å². The number of hydrogen-bond acceptors (Lipinski definition) is 1. The number of benzene rings is 1. The van der Waals surface area contributed by atoms with E-state index in [9.17, 15) is 0 Å². The summed E-state index contributed by atoms with van der Waals surface area (Å²) in [5.74, 6) is 0. The van der Waals surface area contributed by atoms with Crippen molar-refractivity contribution in [2.24, 2.45) is 0 Å². The molecule has 2 nitrogen and oxygen atoms in total.